The summed E-state index contributed by atoms with van der Waals surface area (Å²) in [6.45, 7) is 59.7. The number of alkyl halides is 1. The minimum atomic E-state index is -1.19. The van der Waals surface area contributed by atoms with Crippen molar-refractivity contribution >= 4 is 80.3 Å². The largest absolute Gasteiger partial charge is 1.00 e. The van der Waals surface area contributed by atoms with Crippen molar-refractivity contribution < 1.29 is 215 Å². The molecule has 0 saturated carbocycles. The monoisotopic (exact) mass is 2440 g/mol. The Morgan fingerprint density at radius 3 is 0.793 bits per heavy atom. The van der Waals surface area contributed by atoms with Gasteiger partial charge in [-0.15, -0.1) is 18.5 Å². The van der Waals surface area contributed by atoms with Crippen LogP contribution in [0, 0.1) is 67.6 Å². The first-order valence-corrected chi connectivity index (χ1v) is 55.7. The molecule has 32 atom stereocenters. The van der Waals surface area contributed by atoms with E-state index in [0.717, 1.165) is 48.3 Å². The topological polar surface area (TPSA) is 450 Å². The van der Waals surface area contributed by atoms with Gasteiger partial charge in [0.25, 0.3) is 0 Å². The Balaban J connectivity index is 0.00000193. The molecule has 4 saturated heterocycles. The zero-order valence-corrected chi connectivity index (χ0v) is 108. The van der Waals surface area contributed by atoms with Crippen molar-refractivity contribution in [2.45, 2.75) is 425 Å². The number of aliphatic hydroxyl groups is 1. The van der Waals surface area contributed by atoms with Gasteiger partial charge in [-0.1, -0.05) is 91.3 Å². The van der Waals surface area contributed by atoms with Gasteiger partial charge in [-0.05, 0) is 209 Å². The average Bonchev–Trinajstić information content (AvgIpc) is 0.776. The second-order valence-electron chi connectivity index (χ2n) is 44.3. The predicted octanol–water partition coefficient (Wildman–Crippen LogP) is 10.2. The standard InChI is InChI=1S/C26H46NO7P.C25H43INO7P.C25H43N2O9P.C25H44NO8P.C2H4.HI.Li.HNO2.Na/c1-12-15(2)14-26(8,30-11)22(17(4)20-18(5)23(28)34-25(6,7)33-20)32-24-21(35-29)19(27(9)10)13-16(3)31-24;1-14(13-26)12-25(7,30-10)21(16(3)19-17(4)22(28)34-24(5,6)33-19)32-23-20(35-29)18(27(8)9)11-15(2)31-23;1-14(13-27(29)30)12-25(7,32-10)21(16(3)19-17(4)22(28)36-24(5,6)35-19)34-23-20(37-31)18(26(8)9)11-15(2)33-23;1-14(13-27)12-25(7,30-10)21(16(3)19-17(4)22(28)34-24(5,6)33-19)32-23-20(35-29)18(26(8)9)11-15(2)31-23;1-2;;;2-1-3;/h15-17,19,21-22,24H,12-14H2,1-11H3;14-16,18,20-21,23H,11-13H2,1-10H3;14-16,18,20-21,23H,11-13H2,1-10H3;14-16,18,20-21,23,27H,11-13H2,1-10H3;1-2H2;1H;;(H,2,3);/q;;;;;;+1;;+1/p-2/t15-,16+,17-,19?,21+,22+,24-,26+;3*14-,15-,16+,18?,20-,21-,23+,25-;;;;;/m0111...../s1. The van der Waals surface area contributed by atoms with E-state index in [1.165, 1.54) is 7.11 Å². The summed E-state index contributed by atoms with van der Waals surface area (Å²) < 4.78 is 173. The van der Waals surface area contributed by atoms with Crippen LogP contribution in [0.1, 0.15) is 259 Å². The van der Waals surface area contributed by atoms with Crippen molar-refractivity contribution in [1.82, 2.24) is 19.6 Å². The summed E-state index contributed by atoms with van der Waals surface area (Å²) in [5.41, 5.74) is -3.53. The number of cyclic esters (lactones) is 4. The molecule has 0 aliphatic carbocycles. The van der Waals surface area contributed by atoms with Gasteiger partial charge in [-0.25, -0.2) is 19.2 Å². The van der Waals surface area contributed by atoms with E-state index in [-0.39, 0.29) is 208 Å². The number of aliphatic hydroxyl groups excluding tert-OH is 1. The molecule has 0 aromatic heterocycles. The molecule has 8 rings (SSSR count). The van der Waals surface area contributed by atoms with E-state index < -0.39 is 142 Å². The molecule has 4 fully saturated rings. The Bertz CT molecular complexity index is 4100. The van der Waals surface area contributed by atoms with Crippen molar-refractivity contribution in [1.29, 1.82) is 0 Å². The fourth-order valence-corrected chi connectivity index (χ4v) is 24.2. The van der Waals surface area contributed by atoms with Crippen LogP contribution in [-0.2, 0) is 132 Å². The van der Waals surface area contributed by atoms with Gasteiger partial charge in [0.05, 0.1) is 93.5 Å². The number of halogens is 2. The van der Waals surface area contributed by atoms with Crippen LogP contribution >= 0.6 is 56.4 Å². The first-order chi connectivity index (χ1) is 68.0. The number of nitro groups is 1. The van der Waals surface area contributed by atoms with Crippen LogP contribution in [0.15, 0.2) is 63.8 Å². The number of nitrogens with zero attached hydrogens (tertiary/aromatic N) is 6. The van der Waals surface area contributed by atoms with Gasteiger partial charge >= 0.3 is 72.3 Å². The zero-order chi connectivity index (χ0) is 113. The van der Waals surface area contributed by atoms with E-state index in [2.05, 4.69) is 66.3 Å². The van der Waals surface area contributed by atoms with E-state index in [1.807, 2.05) is 156 Å². The molecule has 8 aliphatic heterocycles. The third-order valence-electron chi connectivity index (χ3n) is 28.7. The molecule has 47 heteroatoms. The van der Waals surface area contributed by atoms with Gasteiger partial charge in [-0.2, -0.15) is 0 Å². The van der Waals surface area contributed by atoms with E-state index in [4.69, 9.17) is 105 Å². The van der Waals surface area contributed by atoms with E-state index in [0.29, 0.717) is 76.4 Å². The summed E-state index contributed by atoms with van der Waals surface area (Å²) in [5.74, 6) is -5.76. The van der Waals surface area contributed by atoms with Gasteiger partial charge in [0.1, 0.15) is 45.7 Å². The summed E-state index contributed by atoms with van der Waals surface area (Å²) >= 11 is 2.38. The molecule has 0 aromatic carbocycles. The maximum Gasteiger partial charge on any atom is 1.00 e. The van der Waals surface area contributed by atoms with Crippen LogP contribution in [0.25, 0.3) is 0 Å². The normalized spacial score (nSPS) is 29.6. The number of carbonyl (C=O) groups is 4. The minimum Gasteiger partial charge on any atom is -1.00 e. The van der Waals surface area contributed by atoms with E-state index >= 15 is 0 Å². The Morgan fingerprint density at radius 2 is 0.627 bits per heavy atom. The van der Waals surface area contributed by atoms with Crippen LogP contribution in [-0.4, -0.2) is 322 Å². The molecule has 0 spiro atoms. The molecule has 1 N–H and O–H groups in total. The molecule has 0 radical (unpaired) electrons. The van der Waals surface area contributed by atoms with Gasteiger partial charge in [-0.3, -0.25) is 28.4 Å². The smallest absolute Gasteiger partial charge is 1.00 e. The zero-order valence-electron chi connectivity index (χ0n) is 97.8. The van der Waals surface area contributed by atoms with Crippen LogP contribution in [0.4, 0.5) is 0 Å². The number of esters is 4. The van der Waals surface area contributed by atoms with E-state index in [9.17, 15) is 52.7 Å². The number of methoxy groups -OCH3 is 4. The van der Waals surface area contributed by atoms with Crippen molar-refractivity contribution in [3.05, 3.63) is 78.7 Å². The van der Waals surface area contributed by atoms with Crippen LogP contribution in [0.3, 0.4) is 0 Å². The Kier molecular flexibility index (Phi) is 64.3. The van der Waals surface area contributed by atoms with Crippen molar-refractivity contribution in [2.75, 3.05) is 102 Å². The summed E-state index contributed by atoms with van der Waals surface area (Å²) in [7, 11) is 21.9. The molecular formula is C103H180I2LiN6NaO33P4. The second-order valence-corrected chi connectivity index (χ2v) is 48.4. The summed E-state index contributed by atoms with van der Waals surface area (Å²) in [6, 6.07) is -0.0125. The number of hydrogen-bond donors (Lipinski definition) is 1. The van der Waals surface area contributed by atoms with Gasteiger partial charge in [0, 0.05) is 154 Å². The maximum atomic E-state index is 12.6. The fraction of sp³-hybridized carbons (Fsp3) is 0.864. The molecule has 8 heterocycles. The molecular weight excluding hydrogens is 2260 g/mol. The Hall–Kier alpha value is -2.64. The molecule has 856 valence electrons. The SMILES string of the molecule is C=C.CC[C@H](C)C[C@@](C)(OC)[C@H](O[C@@H]1O[C@H](C)CC(N(C)C)[C@H]1P=O)[C@@H](C)C1=C(C)C(=O)OC(C)(C)O1.CO[C@](C)(C[C@@H](C)CI)[C@H](O[C@@H]1O[C@H](C)CC(N(C)C)[C@H]1P=O)[C@@H](C)C1=C(C)C(=O)OC(C)(C)O1.CO[C@](C)(C[C@@H](C)CO)[C@H](O[C@@H]1O[C@H](C)CC(N(C)C)[C@H]1P=O)[C@@H](C)C1=C(C)C(=O)OC(C)(C)O1.CO[C@](C)(C[C@@H](C)C[N+](=O)[O-])[C@H](O[C@@H]1O[C@H](C)CC(N(C)C)[C@H]1P=O)[C@@H](C)C1=C(C)C(=O)OC(C)(C)O1.O=N[O-].[I-].[Li+].[Na+]. The van der Waals surface area contributed by atoms with Crippen LogP contribution in [0.2, 0.25) is 0 Å². The molecule has 39 nitrogen and oxygen atoms in total. The van der Waals surface area contributed by atoms with Crippen LogP contribution in [0.5, 0.6) is 0 Å². The van der Waals surface area contributed by atoms with Crippen molar-refractivity contribution in [2.24, 2.45) is 52.7 Å². The Morgan fingerprint density at radius 1 is 0.433 bits per heavy atom. The van der Waals surface area contributed by atoms with Crippen LogP contribution < -0.4 is 72.4 Å². The predicted molar refractivity (Wildman–Crippen MR) is 569 cm³/mol. The molecule has 8 aliphatic rings. The van der Waals surface area contributed by atoms with Crippen molar-refractivity contribution in [3.8, 4) is 0 Å². The number of rotatable bonds is 45. The second kappa shape index (κ2) is 65.5. The number of ether oxygens (including phenoxy) is 20. The Labute approximate surface area is 965 Å². The van der Waals surface area contributed by atoms with E-state index in [1.54, 1.807) is 111 Å². The summed E-state index contributed by atoms with van der Waals surface area (Å²) in [6.07, 6.45) is 0.152. The molecule has 0 amide bonds. The van der Waals surface area contributed by atoms with Gasteiger partial charge in [0.2, 0.25) is 29.7 Å². The first-order valence-electron chi connectivity index (χ1n) is 50.7. The third-order valence-corrected chi connectivity index (χ3v) is 33.5. The fourth-order valence-electron chi connectivity index (χ4n) is 20.8. The van der Waals surface area contributed by atoms with Gasteiger partial charge < -0.3 is 154 Å². The summed E-state index contributed by atoms with van der Waals surface area (Å²) in [5, 5.41) is 30.0. The molecule has 4 unspecified atom stereocenters. The third kappa shape index (κ3) is 41.1. The first kappa shape index (κ1) is 147. The molecule has 0 aromatic rings. The number of carbonyl (C=O) groups excluding carboxylic acids is 4. The molecule has 150 heavy (non-hydrogen) atoms. The minimum absolute atomic E-state index is 0. The van der Waals surface area contributed by atoms with Crippen molar-refractivity contribution in [3.63, 3.8) is 0 Å². The molecule has 0 bridgehead atoms. The average molecular weight is 2440 g/mol. The van der Waals surface area contributed by atoms with Gasteiger partial charge in [0.15, 0.2) is 59.0 Å². The quantitative estimate of drug-likeness (QED) is 0.00565. The maximum absolute atomic E-state index is 12.6. The number of hydrogen-bond acceptors (Lipinski definition) is 38. The summed E-state index contributed by atoms with van der Waals surface area (Å²) in [4.78, 5) is 77.6.